The van der Waals surface area contributed by atoms with E-state index in [1.165, 1.54) is 18.2 Å². The summed E-state index contributed by atoms with van der Waals surface area (Å²) in [5, 5.41) is 27.0. The molecule has 0 saturated carbocycles. The number of carboxylic acid groups (broad SMARTS) is 1. The van der Waals surface area contributed by atoms with Gasteiger partial charge in [-0.15, -0.1) is 10.2 Å². The minimum Gasteiger partial charge on any atom is -0.507 e. The number of hydrogen-bond donors (Lipinski definition) is 2. The largest absolute Gasteiger partial charge is 0.507 e. The van der Waals surface area contributed by atoms with Gasteiger partial charge in [0.1, 0.15) is 17.0 Å². The number of aromatic nitrogens is 2. The van der Waals surface area contributed by atoms with Crippen LogP contribution in [0.1, 0.15) is 35.8 Å². The molecule has 0 spiro atoms. The molecule has 0 aliphatic carbocycles. The van der Waals surface area contributed by atoms with Crippen LogP contribution < -0.4 is 0 Å². The second-order valence-corrected chi connectivity index (χ2v) is 5.61. The highest BCUT2D eigenvalue weighted by Gasteiger charge is 2.15. The molecular formula is C17H16N4O3. The Morgan fingerprint density at radius 3 is 2.71 bits per heavy atom. The SMILES string of the molecule is CC(C)c1nc2ccccn2c1N=Nc1ccc(O)c(C(=O)O)c1. The number of nitrogens with zero attached hydrogens (tertiary/aromatic N) is 4. The van der Waals surface area contributed by atoms with Gasteiger partial charge in [0, 0.05) is 6.20 Å². The second-order valence-electron chi connectivity index (χ2n) is 5.61. The molecule has 24 heavy (non-hydrogen) atoms. The number of pyridine rings is 1. The van der Waals surface area contributed by atoms with Crippen molar-refractivity contribution >= 4 is 23.1 Å². The van der Waals surface area contributed by atoms with E-state index in [0.717, 1.165) is 11.3 Å². The molecule has 0 saturated heterocycles. The van der Waals surface area contributed by atoms with Crippen molar-refractivity contribution in [3.8, 4) is 5.75 Å². The van der Waals surface area contributed by atoms with E-state index in [1.54, 1.807) is 0 Å². The first-order valence-corrected chi connectivity index (χ1v) is 7.42. The number of aromatic carboxylic acids is 1. The van der Waals surface area contributed by atoms with Crippen molar-refractivity contribution in [1.82, 2.24) is 9.38 Å². The lowest BCUT2D eigenvalue weighted by Gasteiger charge is -2.02. The second kappa shape index (κ2) is 6.11. The third-order valence-electron chi connectivity index (χ3n) is 3.55. The summed E-state index contributed by atoms with van der Waals surface area (Å²) in [5.41, 5.74) is 1.70. The molecule has 0 amide bonds. The number of imidazole rings is 1. The molecule has 0 aliphatic heterocycles. The zero-order valence-electron chi connectivity index (χ0n) is 13.2. The van der Waals surface area contributed by atoms with Crippen LogP contribution in [0.25, 0.3) is 5.65 Å². The maximum Gasteiger partial charge on any atom is 0.339 e. The Balaban J connectivity index is 2.06. The van der Waals surface area contributed by atoms with Gasteiger partial charge in [0.25, 0.3) is 0 Å². The lowest BCUT2D eigenvalue weighted by atomic mass is 10.1. The molecule has 0 atom stereocenters. The fraction of sp³-hybridized carbons (Fsp3) is 0.176. The molecule has 2 heterocycles. The van der Waals surface area contributed by atoms with Gasteiger partial charge in [-0.05, 0) is 36.2 Å². The summed E-state index contributed by atoms with van der Waals surface area (Å²) in [5.74, 6) is -0.764. The van der Waals surface area contributed by atoms with E-state index in [4.69, 9.17) is 5.11 Å². The monoisotopic (exact) mass is 324 g/mol. The van der Waals surface area contributed by atoms with Gasteiger partial charge in [-0.2, -0.15) is 0 Å². The van der Waals surface area contributed by atoms with Crippen molar-refractivity contribution in [3.63, 3.8) is 0 Å². The lowest BCUT2D eigenvalue weighted by Crippen LogP contribution is -1.95. The smallest absolute Gasteiger partial charge is 0.339 e. The Morgan fingerprint density at radius 2 is 2.00 bits per heavy atom. The highest BCUT2D eigenvalue weighted by Crippen LogP contribution is 2.30. The van der Waals surface area contributed by atoms with E-state index in [9.17, 15) is 9.90 Å². The molecule has 1 aromatic carbocycles. The summed E-state index contributed by atoms with van der Waals surface area (Å²) in [6, 6.07) is 9.72. The van der Waals surface area contributed by atoms with Crippen LogP contribution >= 0.6 is 0 Å². The molecule has 0 bridgehead atoms. The number of benzene rings is 1. The van der Waals surface area contributed by atoms with Crippen LogP contribution in [0.3, 0.4) is 0 Å². The Hall–Kier alpha value is -3.22. The van der Waals surface area contributed by atoms with Crippen LogP contribution in [-0.4, -0.2) is 25.6 Å². The summed E-state index contributed by atoms with van der Waals surface area (Å²) in [7, 11) is 0. The molecule has 2 N–H and O–H groups in total. The first kappa shape index (κ1) is 15.7. The molecule has 0 radical (unpaired) electrons. The van der Waals surface area contributed by atoms with Gasteiger partial charge in [0.15, 0.2) is 5.82 Å². The Morgan fingerprint density at radius 1 is 1.21 bits per heavy atom. The van der Waals surface area contributed by atoms with Crippen molar-refractivity contribution in [2.24, 2.45) is 10.2 Å². The standard InChI is InChI=1S/C17H16N4O3/c1-10(2)15-16(21-8-4-3-5-14(21)18-15)20-19-11-6-7-13(22)12(9-11)17(23)24/h3-10,22H,1-2H3,(H,23,24). The maximum atomic E-state index is 11.1. The zero-order chi connectivity index (χ0) is 17.3. The van der Waals surface area contributed by atoms with Crippen LogP contribution in [0.2, 0.25) is 0 Å². The number of carboxylic acids is 1. The van der Waals surface area contributed by atoms with E-state index in [1.807, 2.05) is 42.6 Å². The fourth-order valence-electron chi connectivity index (χ4n) is 2.35. The molecular weight excluding hydrogens is 308 g/mol. The topological polar surface area (TPSA) is 99.5 Å². The van der Waals surface area contributed by atoms with Gasteiger partial charge in [-0.25, -0.2) is 9.78 Å². The molecule has 2 aromatic heterocycles. The minimum atomic E-state index is -1.22. The summed E-state index contributed by atoms with van der Waals surface area (Å²) in [4.78, 5) is 15.6. The van der Waals surface area contributed by atoms with E-state index in [2.05, 4.69) is 15.2 Å². The summed E-state index contributed by atoms with van der Waals surface area (Å²) < 4.78 is 1.83. The number of phenols is 1. The summed E-state index contributed by atoms with van der Waals surface area (Å²) >= 11 is 0. The summed E-state index contributed by atoms with van der Waals surface area (Å²) in [6.45, 7) is 4.04. The predicted octanol–water partition coefficient (Wildman–Crippen LogP) is 4.28. The molecule has 3 aromatic rings. The number of fused-ring (bicyclic) bond motifs is 1. The average Bonchev–Trinajstić information content (AvgIpc) is 2.93. The van der Waals surface area contributed by atoms with Gasteiger partial charge < -0.3 is 10.2 Å². The Bertz CT molecular complexity index is 944. The van der Waals surface area contributed by atoms with Crippen molar-refractivity contribution in [3.05, 3.63) is 53.9 Å². The van der Waals surface area contributed by atoms with E-state index < -0.39 is 5.97 Å². The van der Waals surface area contributed by atoms with Crippen LogP contribution in [0.5, 0.6) is 5.75 Å². The van der Waals surface area contributed by atoms with Crippen LogP contribution in [0, 0.1) is 0 Å². The van der Waals surface area contributed by atoms with Crippen molar-refractivity contribution < 1.29 is 15.0 Å². The van der Waals surface area contributed by atoms with Gasteiger partial charge in [0.2, 0.25) is 0 Å². The number of hydrogen-bond acceptors (Lipinski definition) is 5. The maximum absolute atomic E-state index is 11.1. The van der Waals surface area contributed by atoms with Crippen molar-refractivity contribution in [1.29, 1.82) is 0 Å². The van der Waals surface area contributed by atoms with Crippen molar-refractivity contribution in [2.45, 2.75) is 19.8 Å². The highest BCUT2D eigenvalue weighted by atomic mass is 16.4. The van der Waals surface area contributed by atoms with Gasteiger partial charge in [0.05, 0.1) is 11.4 Å². The van der Waals surface area contributed by atoms with Crippen LogP contribution in [0.4, 0.5) is 11.5 Å². The molecule has 7 nitrogen and oxygen atoms in total. The quantitative estimate of drug-likeness (QED) is 0.700. The number of azo groups is 1. The van der Waals surface area contributed by atoms with Crippen molar-refractivity contribution in [2.75, 3.05) is 0 Å². The number of aromatic hydroxyl groups is 1. The van der Waals surface area contributed by atoms with E-state index in [-0.39, 0.29) is 17.2 Å². The average molecular weight is 324 g/mol. The first-order valence-electron chi connectivity index (χ1n) is 7.42. The number of rotatable bonds is 4. The normalized spacial score (nSPS) is 11.6. The molecule has 0 unspecified atom stereocenters. The fourth-order valence-corrected chi connectivity index (χ4v) is 2.35. The van der Waals surface area contributed by atoms with Crippen LogP contribution in [-0.2, 0) is 0 Å². The predicted molar refractivity (Wildman–Crippen MR) is 88.5 cm³/mol. The molecule has 7 heteroatoms. The minimum absolute atomic E-state index is 0.160. The lowest BCUT2D eigenvalue weighted by molar-refractivity contribution is 0.0694. The summed E-state index contributed by atoms with van der Waals surface area (Å²) in [6.07, 6.45) is 1.85. The molecule has 0 fully saturated rings. The molecule has 0 aliphatic rings. The van der Waals surface area contributed by atoms with Gasteiger partial charge in [-0.3, -0.25) is 4.40 Å². The molecule has 122 valence electrons. The van der Waals surface area contributed by atoms with Gasteiger partial charge >= 0.3 is 5.97 Å². The molecule has 3 rings (SSSR count). The van der Waals surface area contributed by atoms with Gasteiger partial charge in [-0.1, -0.05) is 19.9 Å². The third kappa shape index (κ3) is 2.83. The third-order valence-corrected chi connectivity index (χ3v) is 3.55. The van der Waals surface area contributed by atoms with E-state index in [0.29, 0.717) is 11.5 Å². The first-order chi connectivity index (χ1) is 11.5. The Kier molecular flexibility index (Phi) is 3.99. The highest BCUT2D eigenvalue weighted by molar-refractivity contribution is 5.91. The Labute approximate surface area is 137 Å². The van der Waals surface area contributed by atoms with Crippen LogP contribution in [0.15, 0.2) is 52.8 Å². The van der Waals surface area contributed by atoms with E-state index >= 15 is 0 Å². The number of carbonyl (C=O) groups is 1. The zero-order valence-corrected chi connectivity index (χ0v) is 13.2.